The smallest absolute Gasteiger partial charge is 0.414 e. The highest BCUT2D eigenvalue weighted by molar-refractivity contribution is 5.91. The van der Waals surface area contributed by atoms with Gasteiger partial charge in [-0.15, -0.1) is 0 Å². The van der Waals surface area contributed by atoms with Crippen molar-refractivity contribution in [1.82, 2.24) is 25.5 Å². The van der Waals surface area contributed by atoms with Crippen molar-refractivity contribution < 1.29 is 18.7 Å². The van der Waals surface area contributed by atoms with Gasteiger partial charge in [0, 0.05) is 29.8 Å². The fourth-order valence-corrected chi connectivity index (χ4v) is 3.88. The average molecular weight is 475 g/mol. The number of benzene rings is 2. The first-order valence-electron chi connectivity index (χ1n) is 11.0. The summed E-state index contributed by atoms with van der Waals surface area (Å²) in [5.74, 6) is 0.0115. The fourth-order valence-electron chi connectivity index (χ4n) is 3.88. The number of ether oxygens (including phenoxy) is 1. The van der Waals surface area contributed by atoms with E-state index in [9.17, 15) is 9.59 Å². The maximum atomic E-state index is 15.1. The van der Waals surface area contributed by atoms with E-state index in [0.717, 1.165) is 22.3 Å². The van der Waals surface area contributed by atoms with E-state index >= 15 is 4.39 Å². The first-order valence-corrected chi connectivity index (χ1v) is 11.0. The van der Waals surface area contributed by atoms with Crippen LogP contribution in [0.5, 0.6) is 0 Å². The molecule has 0 radical (unpaired) electrons. The molecule has 0 spiro atoms. The standard InChI is InChI=1S/C24H22FN7O3/c1-14(33)26-10-19-12-32(24(34)35-19)18-4-5-20(21(25)8-18)22-7-15-2-3-17(6-16(15)9-28-22)27-11-23-29-13-30-31-23/h2-9,13,19,27H,10-12H2,1H3,(H,26,33)(H,29,30,31). The number of halogens is 1. The molecule has 5 rings (SSSR count). The molecule has 4 aromatic rings. The quantitative estimate of drug-likeness (QED) is 0.375. The summed E-state index contributed by atoms with van der Waals surface area (Å²) in [5, 5.41) is 14.3. The van der Waals surface area contributed by atoms with Gasteiger partial charge in [0.25, 0.3) is 0 Å². The third-order valence-electron chi connectivity index (χ3n) is 5.64. The summed E-state index contributed by atoms with van der Waals surface area (Å²) < 4.78 is 20.3. The molecule has 178 valence electrons. The number of fused-ring (bicyclic) bond motifs is 1. The minimum atomic E-state index is -0.580. The number of rotatable bonds is 7. The number of cyclic esters (lactones) is 1. The lowest BCUT2D eigenvalue weighted by Crippen LogP contribution is -2.33. The number of H-pyrrole nitrogens is 1. The predicted molar refractivity (Wildman–Crippen MR) is 127 cm³/mol. The number of hydrogen-bond donors (Lipinski definition) is 3. The molecule has 11 heteroatoms. The van der Waals surface area contributed by atoms with Crippen molar-refractivity contribution in [3.8, 4) is 11.3 Å². The van der Waals surface area contributed by atoms with Crippen LogP contribution in [0.3, 0.4) is 0 Å². The Morgan fingerprint density at radius 1 is 1.20 bits per heavy atom. The Hall–Kier alpha value is -4.54. The van der Waals surface area contributed by atoms with Crippen molar-refractivity contribution in [1.29, 1.82) is 0 Å². The number of aromatic nitrogens is 4. The van der Waals surface area contributed by atoms with Gasteiger partial charge in [-0.2, -0.15) is 5.10 Å². The molecule has 3 heterocycles. The molecule has 1 aliphatic rings. The molecule has 1 unspecified atom stereocenters. The second kappa shape index (κ2) is 9.37. The zero-order valence-electron chi connectivity index (χ0n) is 18.8. The number of nitrogens with one attached hydrogen (secondary N) is 3. The van der Waals surface area contributed by atoms with Crippen LogP contribution >= 0.6 is 0 Å². The highest BCUT2D eigenvalue weighted by Gasteiger charge is 2.32. The SMILES string of the molecule is CC(=O)NCC1CN(c2ccc(-c3cc4ccc(NCc5ncn[nH]5)cc4cn3)c(F)c2)C(=O)O1. The fraction of sp³-hybridized carbons (Fsp3) is 0.208. The Kier molecular flexibility index (Phi) is 5.96. The Morgan fingerprint density at radius 3 is 2.86 bits per heavy atom. The first kappa shape index (κ1) is 22.3. The number of carbonyl (C=O) groups excluding carboxylic acids is 2. The molecule has 0 bridgehead atoms. The monoisotopic (exact) mass is 475 g/mol. The normalized spacial score (nSPS) is 15.3. The number of amides is 2. The molecule has 1 atom stereocenters. The van der Waals surface area contributed by atoms with Crippen LogP contribution in [0.25, 0.3) is 22.0 Å². The third kappa shape index (κ3) is 4.88. The van der Waals surface area contributed by atoms with E-state index in [1.807, 2.05) is 24.3 Å². The van der Waals surface area contributed by atoms with Crippen LogP contribution < -0.4 is 15.5 Å². The van der Waals surface area contributed by atoms with E-state index in [0.29, 0.717) is 23.5 Å². The predicted octanol–water partition coefficient (Wildman–Crippen LogP) is 3.23. The maximum absolute atomic E-state index is 15.1. The van der Waals surface area contributed by atoms with E-state index < -0.39 is 18.0 Å². The van der Waals surface area contributed by atoms with E-state index in [1.54, 1.807) is 18.3 Å². The van der Waals surface area contributed by atoms with E-state index in [2.05, 4.69) is 30.8 Å². The first-order chi connectivity index (χ1) is 17.0. The molecular weight excluding hydrogens is 453 g/mol. The van der Waals surface area contributed by atoms with Gasteiger partial charge >= 0.3 is 6.09 Å². The van der Waals surface area contributed by atoms with Gasteiger partial charge in [0.1, 0.15) is 24.1 Å². The number of anilines is 2. The lowest BCUT2D eigenvalue weighted by Gasteiger charge is -2.14. The van der Waals surface area contributed by atoms with Crippen LogP contribution in [0.4, 0.5) is 20.6 Å². The van der Waals surface area contributed by atoms with Crippen LogP contribution in [-0.4, -0.2) is 51.4 Å². The van der Waals surface area contributed by atoms with Crippen LogP contribution in [0.15, 0.2) is 55.0 Å². The van der Waals surface area contributed by atoms with Crippen molar-refractivity contribution in [3.05, 3.63) is 66.6 Å². The van der Waals surface area contributed by atoms with Gasteiger partial charge in [-0.3, -0.25) is 19.8 Å². The second-order valence-corrected chi connectivity index (χ2v) is 8.13. The van der Waals surface area contributed by atoms with Gasteiger partial charge in [0.15, 0.2) is 0 Å². The Balaban J connectivity index is 1.31. The summed E-state index contributed by atoms with van der Waals surface area (Å²) in [6.45, 7) is 2.32. The topological polar surface area (TPSA) is 125 Å². The molecule has 1 fully saturated rings. The summed E-state index contributed by atoms with van der Waals surface area (Å²) in [5.41, 5.74) is 2.08. The van der Waals surface area contributed by atoms with Crippen molar-refractivity contribution in [2.24, 2.45) is 0 Å². The second-order valence-electron chi connectivity index (χ2n) is 8.13. The molecule has 10 nitrogen and oxygen atoms in total. The number of aromatic amines is 1. The molecular formula is C24H22FN7O3. The molecule has 1 aliphatic heterocycles. The summed E-state index contributed by atoms with van der Waals surface area (Å²) in [6.07, 6.45) is 2.08. The van der Waals surface area contributed by atoms with Crippen LogP contribution in [0, 0.1) is 5.82 Å². The minimum absolute atomic E-state index is 0.205. The highest BCUT2D eigenvalue weighted by Crippen LogP contribution is 2.30. The van der Waals surface area contributed by atoms with Gasteiger partial charge in [-0.1, -0.05) is 6.07 Å². The minimum Gasteiger partial charge on any atom is -0.442 e. The number of carbonyl (C=O) groups is 2. The molecule has 0 aliphatic carbocycles. The average Bonchev–Trinajstić information content (AvgIpc) is 3.50. The summed E-state index contributed by atoms with van der Waals surface area (Å²) in [6, 6.07) is 12.2. The number of pyridine rings is 1. The maximum Gasteiger partial charge on any atom is 0.414 e. The van der Waals surface area contributed by atoms with Gasteiger partial charge < -0.3 is 15.4 Å². The van der Waals surface area contributed by atoms with Gasteiger partial charge in [0.2, 0.25) is 5.91 Å². The summed E-state index contributed by atoms with van der Waals surface area (Å²) >= 11 is 0. The summed E-state index contributed by atoms with van der Waals surface area (Å²) in [4.78, 5) is 33.2. The summed E-state index contributed by atoms with van der Waals surface area (Å²) in [7, 11) is 0. The lowest BCUT2D eigenvalue weighted by atomic mass is 10.1. The van der Waals surface area contributed by atoms with E-state index in [4.69, 9.17) is 4.74 Å². The molecule has 35 heavy (non-hydrogen) atoms. The van der Waals surface area contributed by atoms with Crippen molar-refractivity contribution >= 4 is 34.1 Å². The largest absolute Gasteiger partial charge is 0.442 e. The van der Waals surface area contributed by atoms with Crippen LogP contribution in [0.1, 0.15) is 12.7 Å². The zero-order valence-corrected chi connectivity index (χ0v) is 18.8. The Morgan fingerprint density at radius 2 is 2.09 bits per heavy atom. The zero-order chi connectivity index (χ0) is 24.4. The molecule has 2 aromatic heterocycles. The van der Waals surface area contributed by atoms with Crippen LogP contribution in [0.2, 0.25) is 0 Å². The van der Waals surface area contributed by atoms with Crippen molar-refractivity contribution in [3.63, 3.8) is 0 Å². The van der Waals surface area contributed by atoms with Crippen molar-refractivity contribution in [2.45, 2.75) is 19.6 Å². The molecule has 0 saturated carbocycles. The number of hydrogen-bond acceptors (Lipinski definition) is 7. The molecule has 2 amide bonds. The highest BCUT2D eigenvalue weighted by atomic mass is 19.1. The number of nitrogens with zero attached hydrogens (tertiary/aromatic N) is 4. The van der Waals surface area contributed by atoms with E-state index in [1.165, 1.54) is 24.2 Å². The van der Waals surface area contributed by atoms with Gasteiger partial charge in [0.05, 0.1) is 31.0 Å². The van der Waals surface area contributed by atoms with E-state index in [-0.39, 0.29) is 19.0 Å². The lowest BCUT2D eigenvalue weighted by molar-refractivity contribution is -0.119. The van der Waals surface area contributed by atoms with Gasteiger partial charge in [-0.25, -0.2) is 14.2 Å². The Bertz CT molecular complexity index is 1390. The molecule has 3 N–H and O–H groups in total. The third-order valence-corrected chi connectivity index (χ3v) is 5.64. The molecule has 2 aromatic carbocycles. The Labute approximate surface area is 199 Å². The molecule has 1 saturated heterocycles. The van der Waals surface area contributed by atoms with Gasteiger partial charge in [-0.05, 0) is 41.8 Å². The van der Waals surface area contributed by atoms with Crippen LogP contribution in [-0.2, 0) is 16.1 Å². The van der Waals surface area contributed by atoms with Crippen molar-refractivity contribution in [2.75, 3.05) is 23.3 Å².